The molecule has 0 spiro atoms. The van der Waals surface area contributed by atoms with Gasteiger partial charge < -0.3 is 4.74 Å². The predicted molar refractivity (Wildman–Crippen MR) is 63.2 cm³/mol. The number of carbonyl (C=O) groups is 1. The molecule has 0 amide bonds. The number of methoxy groups -OCH3 is 1. The largest absolute Gasteiger partial charge is 0.468 e. The molecule has 0 aliphatic carbocycles. The van der Waals surface area contributed by atoms with E-state index in [-0.39, 0.29) is 5.02 Å². The van der Waals surface area contributed by atoms with Crippen LogP contribution < -0.4 is 4.72 Å². The molecule has 0 heterocycles. The van der Waals surface area contributed by atoms with Gasteiger partial charge in [-0.25, -0.2) is 12.8 Å². The normalized spacial score (nSPS) is 13.1. The quantitative estimate of drug-likeness (QED) is 0.850. The second-order valence-corrected chi connectivity index (χ2v) is 5.53. The van der Waals surface area contributed by atoms with E-state index in [4.69, 9.17) is 11.6 Å². The van der Waals surface area contributed by atoms with Gasteiger partial charge in [-0.05, 0) is 25.1 Å². The Balaban J connectivity index is 3.07. The Labute approximate surface area is 109 Å². The molecule has 0 saturated heterocycles. The first kappa shape index (κ1) is 14.9. The van der Waals surface area contributed by atoms with Gasteiger partial charge in [0.1, 0.15) is 16.8 Å². The van der Waals surface area contributed by atoms with Gasteiger partial charge in [-0.15, -0.1) is 0 Å². The Kier molecular flexibility index (Phi) is 4.66. The van der Waals surface area contributed by atoms with Crippen molar-refractivity contribution < 1.29 is 22.3 Å². The van der Waals surface area contributed by atoms with E-state index in [0.29, 0.717) is 0 Å². The Morgan fingerprint density at radius 1 is 1.50 bits per heavy atom. The van der Waals surface area contributed by atoms with Crippen molar-refractivity contribution in [1.29, 1.82) is 0 Å². The maximum absolute atomic E-state index is 13.0. The van der Waals surface area contributed by atoms with Crippen molar-refractivity contribution in [3.8, 4) is 0 Å². The van der Waals surface area contributed by atoms with E-state index < -0.39 is 32.7 Å². The molecule has 100 valence electrons. The summed E-state index contributed by atoms with van der Waals surface area (Å²) in [6.45, 7) is 1.30. The van der Waals surface area contributed by atoms with Crippen LogP contribution in [0.1, 0.15) is 6.92 Å². The highest BCUT2D eigenvalue weighted by Gasteiger charge is 2.24. The maximum Gasteiger partial charge on any atom is 0.323 e. The van der Waals surface area contributed by atoms with Gasteiger partial charge in [0.2, 0.25) is 10.0 Å². The second kappa shape index (κ2) is 5.64. The first-order valence-corrected chi connectivity index (χ1v) is 6.69. The molecule has 1 atom stereocenters. The minimum atomic E-state index is -4.09. The molecule has 0 aliphatic heterocycles. The van der Waals surface area contributed by atoms with Crippen LogP contribution in [0.15, 0.2) is 23.1 Å². The third-order valence-electron chi connectivity index (χ3n) is 2.07. The van der Waals surface area contributed by atoms with Crippen LogP contribution in [0.4, 0.5) is 4.39 Å². The van der Waals surface area contributed by atoms with E-state index in [1.54, 1.807) is 0 Å². The van der Waals surface area contributed by atoms with Gasteiger partial charge in [-0.1, -0.05) is 11.6 Å². The van der Waals surface area contributed by atoms with Crippen LogP contribution in [0, 0.1) is 5.82 Å². The summed E-state index contributed by atoms with van der Waals surface area (Å²) in [6, 6.07) is 1.83. The molecule has 18 heavy (non-hydrogen) atoms. The standard InChI is InChI=1S/C10H11ClFNO4S/c1-6(10(14)17-2)13-18(15,16)9-5-7(12)3-4-8(9)11/h3-6,13H,1-2H3. The Bertz CT molecular complexity index is 561. The lowest BCUT2D eigenvalue weighted by molar-refractivity contribution is -0.142. The summed E-state index contributed by atoms with van der Waals surface area (Å²) in [6.07, 6.45) is 0. The van der Waals surface area contributed by atoms with Crippen LogP contribution in [-0.4, -0.2) is 27.5 Å². The van der Waals surface area contributed by atoms with Gasteiger partial charge in [0, 0.05) is 0 Å². The second-order valence-electron chi connectivity index (χ2n) is 3.44. The average Bonchev–Trinajstić information content (AvgIpc) is 2.30. The number of carbonyl (C=O) groups excluding carboxylic acids is 1. The zero-order chi connectivity index (χ0) is 13.9. The van der Waals surface area contributed by atoms with E-state index in [9.17, 15) is 17.6 Å². The first-order valence-electron chi connectivity index (χ1n) is 4.83. The number of hydrogen-bond acceptors (Lipinski definition) is 4. The number of nitrogens with one attached hydrogen (secondary N) is 1. The fourth-order valence-corrected chi connectivity index (χ4v) is 2.91. The van der Waals surface area contributed by atoms with Gasteiger partial charge in [0.25, 0.3) is 0 Å². The van der Waals surface area contributed by atoms with E-state index >= 15 is 0 Å². The zero-order valence-electron chi connectivity index (χ0n) is 9.61. The molecule has 1 rings (SSSR count). The van der Waals surface area contributed by atoms with Crippen LogP contribution in [0.5, 0.6) is 0 Å². The molecule has 8 heteroatoms. The number of esters is 1. The summed E-state index contributed by atoms with van der Waals surface area (Å²) in [7, 11) is -2.96. The minimum Gasteiger partial charge on any atom is -0.468 e. The van der Waals surface area contributed by atoms with Crippen LogP contribution in [-0.2, 0) is 19.6 Å². The van der Waals surface area contributed by atoms with Gasteiger partial charge in [0.05, 0.1) is 12.1 Å². The molecule has 1 N–H and O–H groups in total. The number of halogens is 2. The monoisotopic (exact) mass is 295 g/mol. The summed E-state index contributed by atoms with van der Waals surface area (Å²) < 4.78 is 43.1. The molecule has 0 fully saturated rings. The molecule has 0 aliphatic rings. The molecule has 0 radical (unpaired) electrons. The van der Waals surface area contributed by atoms with E-state index in [1.165, 1.54) is 6.92 Å². The molecule has 0 aromatic heterocycles. The highest BCUT2D eigenvalue weighted by molar-refractivity contribution is 7.89. The predicted octanol–water partition coefficient (Wildman–Crippen LogP) is 1.32. The molecule has 5 nitrogen and oxygen atoms in total. The zero-order valence-corrected chi connectivity index (χ0v) is 11.2. The van der Waals surface area contributed by atoms with Crippen LogP contribution in [0.3, 0.4) is 0 Å². The summed E-state index contributed by atoms with van der Waals surface area (Å²) in [4.78, 5) is 10.7. The van der Waals surface area contributed by atoms with Crippen molar-refractivity contribution in [2.24, 2.45) is 0 Å². The van der Waals surface area contributed by atoms with Crippen molar-refractivity contribution in [2.75, 3.05) is 7.11 Å². The Morgan fingerprint density at radius 2 is 2.11 bits per heavy atom. The minimum absolute atomic E-state index is 0.138. The van der Waals surface area contributed by atoms with Crippen molar-refractivity contribution in [1.82, 2.24) is 4.72 Å². The van der Waals surface area contributed by atoms with E-state index in [2.05, 4.69) is 4.74 Å². The molecule has 1 aromatic carbocycles. The summed E-state index contributed by atoms with van der Waals surface area (Å²) in [5.74, 6) is -1.50. The molecular weight excluding hydrogens is 285 g/mol. The lowest BCUT2D eigenvalue weighted by atomic mass is 10.3. The molecule has 0 saturated carbocycles. The molecular formula is C10H11ClFNO4S. The third-order valence-corrected chi connectivity index (χ3v) is 4.09. The summed E-state index contributed by atoms with van der Waals surface area (Å²) in [5.41, 5.74) is 0. The van der Waals surface area contributed by atoms with Gasteiger partial charge in [-0.3, -0.25) is 4.79 Å². The van der Waals surface area contributed by atoms with Crippen LogP contribution >= 0.6 is 11.6 Å². The first-order chi connectivity index (χ1) is 8.27. The lowest BCUT2D eigenvalue weighted by Crippen LogP contribution is -2.39. The van der Waals surface area contributed by atoms with E-state index in [0.717, 1.165) is 25.3 Å². The Hall–Kier alpha value is -1.18. The highest BCUT2D eigenvalue weighted by atomic mass is 35.5. The fourth-order valence-electron chi connectivity index (χ4n) is 1.20. The van der Waals surface area contributed by atoms with Crippen molar-refractivity contribution in [2.45, 2.75) is 17.9 Å². The molecule has 0 bridgehead atoms. The highest BCUT2D eigenvalue weighted by Crippen LogP contribution is 2.22. The lowest BCUT2D eigenvalue weighted by Gasteiger charge is -2.12. The van der Waals surface area contributed by atoms with Gasteiger partial charge in [0.15, 0.2) is 0 Å². The summed E-state index contributed by atoms with van der Waals surface area (Å²) >= 11 is 5.68. The molecule has 1 unspecified atom stereocenters. The van der Waals surface area contributed by atoms with Crippen LogP contribution in [0.25, 0.3) is 0 Å². The van der Waals surface area contributed by atoms with Crippen LogP contribution in [0.2, 0.25) is 5.02 Å². The Morgan fingerprint density at radius 3 is 2.67 bits per heavy atom. The van der Waals surface area contributed by atoms with Crippen molar-refractivity contribution >= 4 is 27.6 Å². The van der Waals surface area contributed by atoms with Crippen molar-refractivity contribution in [3.05, 3.63) is 29.0 Å². The topological polar surface area (TPSA) is 72.5 Å². The fraction of sp³-hybridized carbons (Fsp3) is 0.300. The number of sulfonamides is 1. The SMILES string of the molecule is COC(=O)C(C)NS(=O)(=O)c1cc(F)ccc1Cl. The summed E-state index contributed by atoms with van der Waals surface area (Å²) in [5, 5.41) is -0.138. The van der Waals surface area contributed by atoms with E-state index in [1.807, 2.05) is 4.72 Å². The van der Waals surface area contributed by atoms with Gasteiger partial charge in [-0.2, -0.15) is 4.72 Å². The third kappa shape index (κ3) is 3.41. The smallest absolute Gasteiger partial charge is 0.323 e. The average molecular weight is 296 g/mol. The number of hydrogen-bond donors (Lipinski definition) is 1. The van der Waals surface area contributed by atoms with Crippen molar-refractivity contribution in [3.63, 3.8) is 0 Å². The maximum atomic E-state index is 13.0. The molecule has 1 aromatic rings. The number of ether oxygens (including phenoxy) is 1. The number of rotatable bonds is 4. The van der Waals surface area contributed by atoms with Gasteiger partial charge >= 0.3 is 5.97 Å². The number of benzene rings is 1.